The first-order chi connectivity index (χ1) is 11.1. The zero-order chi connectivity index (χ0) is 16.4. The van der Waals surface area contributed by atoms with E-state index in [-0.39, 0.29) is 17.4 Å². The van der Waals surface area contributed by atoms with Crippen LogP contribution in [0, 0.1) is 10.1 Å². The van der Waals surface area contributed by atoms with Crippen molar-refractivity contribution in [1.29, 1.82) is 0 Å². The largest absolute Gasteiger partial charge is 0.493 e. The molecule has 23 heavy (non-hydrogen) atoms. The number of ether oxygens (including phenoxy) is 1. The quantitative estimate of drug-likeness (QED) is 0.661. The van der Waals surface area contributed by atoms with Crippen LogP contribution in [0.1, 0.15) is 34.9 Å². The van der Waals surface area contributed by atoms with Gasteiger partial charge in [-0.2, -0.15) is 5.10 Å². The Bertz CT molecular complexity index is 761. The first kappa shape index (κ1) is 15.3. The van der Waals surface area contributed by atoms with Gasteiger partial charge in [-0.1, -0.05) is 17.7 Å². The second-order valence-corrected chi connectivity index (χ2v) is 5.52. The number of carbonyl (C=O) groups is 1. The van der Waals surface area contributed by atoms with Crippen molar-refractivity contribution in [3.05, 3.63) is 50.8 Å². The predicted octanol–water partition coefficient (Wildman–Crippen LogP) is 2.62. The fourth-order valence-corrected chi connectivity index (χ4v) is 2.67. The molecule has 1 aliphatic heterocycles. The molecule has 2 aromatic rings. The molecule has 1 aliphatic rings. The smallest absolute Gasteiger partial charge is 0.319 e. The fraction of sp³-hybridized carbons (Fsp3) is 0.286. The van der Waals surface area contributed by atoms with E-state index in [1.807, 2.05) is 0 Å². The Kier molecular flexibility index (Phi) is 4.16. The lowest BCUT2D eigenvalue weighted by Crippen LogP contribution is -2.29. The van der Waals surface area contributed by atoms with Crippen molar-refractivity contribution in [2.24, 2.45) is 0 Å². The summed E-state index contributed by atoms with van der Waals surface area (Å²) in [4.78, 5) is 22.6. The number of nitrogens with zero attached hydrogens (tertiary/aromatic N) is 2. The molecule has 1 aromatic carbocycles. The van der Waals surface area contributed by atoms with Crippen LogP contribution in [0.15, 0.2) is 24.4 Å². The number of nitro groups is 1. The van der Waals surface area contributed by atoms with Gasteiger partial charge < -0.3 is 10.1 Å². The van der Waals surface area contributed by atoms with E-state index in [1.165, 1.54) is 0 Å². The van der Waals surface area contributed by atoms with E-state index in [9.17, 15) is 14.9 Å². The molecule has 0 unspecified atom stereocenters. The maximum absolute atomic E-state index is 12.3. The molecule has 0 saturated carbocycles. The van der Waals surface area contributed by atoms with Crippen LogP contribution >= 0.6 is 11.6 Å². The summed E-state index contributed by atoms with van der Waals surface area (Å²) < 4.78 is 5.63. The summed E-state index contributed by atoms with van der Waals surface area (Å²) in [5.74, 6) is 0.0291. The average molecular weight is 337 g/mol. The Morgan fingerprint density at radius 3 is 3.13 bits per heavy atom. The second kappa shape index (κ2) is 6.25. The number of benzene rings is 1. The highest BCUT2D eigenvalue weighted by molar-refractivity contribution is 6.30. The van der Waals surface area contributed by atoms with Gasteiger partial charge in [-0.15, -0.1) is 0 Å². The molecule has 1 amide bonds. The van der Waals surface area contributed by atoms with Crippen molar-refractivity contribution in [3.8, 4) is 5.75 Å². The van der Waals surface area contributed by atoms with E-state index < -0.39 is 10.8 Å². The zero-order valence-corrected chi connectivity index (χ0v) is 12.7. The van der Waals surface area contributed by atoms with E-state index in [4.69, 9.17) is 16.3 Å². The van der Waals surface area contributed by atoms with Crippen LogP contribution in [0.2, 0.25) is 5.02 Å². The van der Waals surface area contributed by atoms with Crippen molar-refractivity contribution in [2.45, 2.75) is 18.9 Å². The van der Waals surface area contributed by atoms with Gasteiger partial charge in [0.05, 0.1) is 17.6 Å². The topological polar surface area (TPSA) is 110 Å². The molecule has 9 heteroatoms. The summed E-state index contributed by atoms with van der Waals surface area (Å²) in [7, 11) is 0. The summed E-state index contributed by atoms with van der Waals surface area (Å²) in [6.07, 6.45) is 2.41. The van der Waals surface area contributed by atoms with Gasteiger partial charge >= 0.3 is 5.69 Å². The zero-order valence-electron chi connectivity index (χ0n) is 11.9. The van der Waals surface area contributed by atoms with Crippen molar-refractivity contribution in [3.63, 3.8) is 0 Å². The van der Waals surface area contributed by atoms with E-state index in [0.29, 0.717) is 23.8 Å². The number of aromatic nitrogens is 2. The third-order valence-corrected chi connectivity index (χ3v) is 3.83. The molecular weight excluding hydrogens is 324 g/mol. The Balaban J connectivity index is 1.86. The number of halogens is 1. The number of hydrogen-bond acceptors (Lipinski definition) is 5. The predicted molar refractivity (Wildman–Crippen MR) is 81.6 cm³/mol. The summed E-state index contributed by atoms with van der Waals surface area (Å²) in [6, 6.07) is 4.88. The van der Waals surface area contributed by atoms with Crippen LogP contribution in [-0.4, -0.2) is 27.6 Å². The molecule has 0 bridgehead atoms. The number of amides is 1. The lowest BCUT2D eigenvalue weighted by molar-refractivity contribution is -0.385. The van der Waals surface area contributed by atoms with Gasteiger partial charge in [0.2, 0.25) is 5.69 Å². The molecular formula is C14H13ClN4O4. The molecule has 0 aliphatic carbocycles. The van der Waals surface area contributed by atoms with Crippen LogP contribution in [0.5, 0.6) is 5.75 Å². The molecule has 3 rings (SSSR count). The number of aromatic amines is 1. The van der Waals surface area contributed by atoms with Crippen LogP contribution < -0.4 is 10.1 Å². The van der Waals surface area contributed by atoms with Gasteiger partial charge in [-0.05, 0) is 25.0 Å². The SMILES string of the molecule is O=C(N[C@@H]1CCCOc2cc(Cl)ccc21)c1[nH]ncc1[N+](=O)[O-]. The molecule has 2 heterocycles. The van der Waals surface area contributed by atoms with E-state index in [1.54, 1.807) is 18.2 Å². The molecule has 0 spiro atoms. The minimum atomic E-state index is -0.650. The standard InChI is InChI=1S/C14H13ClN4O4/c15-8-3-4-9-10(2-1-5-23-12(9)6-8)17-14(20)13-11(19(21)22)7-16-18-13/h3-4,6-7,10H,1-2,5H2,(H,16,18)(H,17,20)/t10-/m1/s1. The van der Waals surface area contributed by atoms with Gasteiger partial charge in [0, 0.05) is 10.6 Å². The van der Waals surface area contributed by atoms with E-state index >= 15 is 0 Å². The van der Waals surface area contributed by atoms with Gasteiger partial charge in [0.25, 0.3) is 5.91 Å². The second-order valence-electron chi connectivity index (χ2n) is 5.09. The Labute approximate surface area is 135 Å². The fourth-order valence-electron chi connectivity index (χ4n) is 2.51. The average Bonchev–Trinajstić information content (AvgIpc) is 2.93. The highest BCUT2D eigenvalue weighted by atomic mass is 35.5. The number of H-pyrrole nitrogens is 1. The van der Waals surface area contributed by atoms with Crippen LogP contribution in [0.25, 0.3) is 0 Å². The molecule has 8 nitrogen and oxygen atoms in total. The minimum absolute atomic E-state index is 0.171. The van der Waals surface area contributed by atoms with Crippen molar-refractivity contribution in [1.82, 2.24) is 15.5 Å². The summed E-state index contributed by atoms with van der Waals surface area (Å²) in [6.45, 7) is 0.518. The lowest BCUT2D eigenvalue weighted by atomic mass is 10.0. The van der Waals surface area contributed by atoms with Crippen molar-refractivity contribution >= 4 is 23.2 Å². The van der Waals surface area contributed by atoms with Gasteiger partial charge in [-0.25, -0.2) is 0 Å². The number of hydrogen-bond donors (Lipinski definition) is 2. The highest BCUT2D eigenvalue weighted by Gasteiger charge is 2.27. The van der Waals surface area contributed by atoms with Crippen molar-refractivity contribution in [2.75, 3.05) is 6.61 Å². The third kappa shape index (κ3) is 3.11. The van der Waals surface area contributed by atoms with Crippen molar-refractivity contribution < 1.29 is 14.5 Å². The number of rotatable bonds is 3. The molecule has 0 fully saturated rings. The number of fused-ring (bicyclic) bond motifs is 1. The molecule has 1 aromatic heterocycles. The molecule has 1 atom stereocenters. The van der Waals surface area contributed by atoms with E-state index in [0.717, 1.165) is 18.2 Å². The van der Waals surface area contributed by atoms with Crippen LogP contribution in [0.3, 0.4) is 0 Å². The van der Waals surface area contributed by atoms with Gasteiger partial charge in [-0.3, -0.25) is 20.0 Å². The first-order valence-corrected chi connectivity index (χ1v) is 7.35. The van der Waals surface area contributed by atoms with Gasteiger partial charge in [0.15, 0.2) is 0 Å². The molecule has 2 N–H and O–H groups in total. The Hall–Kier alpha value is -2.61. The maximum atomic E-state index is 12.3. The molecule has 0 radical (unpaired) electrons. The normalized spacial score (nSPS) is 16.8. The lowest BCUT2D eigenvalue weighted by Gasteiger charge is -2.18. The summed E-state index contributed by atoms with van der Waals surface area (Å²) in [5, 5.41) is 20.2. The Morgan fingerprint density at radius 2 is 2.35 bits per heavy atom. The minimum Gasteiger partial charge on any atom is -0.493 e. The summed E-state index contributed by atoms with van der Waals surface area (Å²) in [5.41, 5.74) is 0.266. The monoisotopic (exact) mass is 336 g/mol. The van der Waals surface area contributed by atoms with E-state index in [2.05, 4.69) is 15.5 Å². The van der Waals surface area contributed by atoms with Crippen LogP contribution in [0.4, 0.5) is 5.69 Å². The molecule has 0 saturated heterocycles. The summed E-state index contributed by atoms with van der Waals surface area (Å²) >= 11 is 5.96. The Morgan fingerprint density at radius 1 is 1.52 bits per heavy atom. The third-order valence-electron chi connectivity index (χ3n) is 3.59. The number of carbonyl (C=O) groups excluding carboxylic acids is 1. The van der Waals surface area contributed by atoms with Crippen LogP contribution in [-0.2, 0) is 0 Å². The first-order valence-electron chi connectivity index (χ1n) is 6.97. The molecule has 120 valence electrons. The highest BCUT2D eigenvalue weighted by Crippen LogP contribution is 2.33. The van der Waals surface area contributed by atoms with Gasteiger partial charge in [0.1, 0.15) is 11.9 Å². The maximum Gasteiger partial charge on any atom is 0.319 e. The number of nitrogens with one attached hydrogen (secondary N) is 2.